The van der Waals surface area contributed by atoms with Gasteiger partial charge in [0.2, 0.25) is 11.8 Å². The first-order valence-corrected chi connectivity index (χ1v) is 13.2. The number of rotatable bonds is 6. The summed E-state index contributed by atoms with van der Waals surface area (Å²) in [7, 11) is 0. The van der Waals surface area contributed by atoms with Crippen molar-refractivity contribution in [3.05, 3.63) is 46.9 Å². The van der Waals surface area contributed by atoms with Crippen molar-refractivity contribution in [3.63, 3.8) is 0 Å². The Morgan fingerprint density at radius 3 is 2.38 bits per heavy atom. The predicted octanol–water partition coefficient (Wildman–Crippen LogP) is 0.154. The Morgan fingerprint density at radius 1 is 1.00 bits per heavy atom. The maximum absolute atomic E-state index is 15.7. The minimum atomic E-state index is -3.39. The molecular formula is C28H31FN8O5. The number of benzene rings is 1. The van der Waals surface area contributed by atoms with E-state index in [1.165, 1.54) is 6.07 Å². The summed E-state index contributed by atoms with van der Waals surface area (Å²) in [6, 6.07) is 2.82. The summed E-state index contributed by atoms with van der Waals surface area (Å²) < 4.78 is 86.4. The first kappa shape index (κ1) is 19.6. The molecule has 0 radical (unpaired) electrons. The average Bonchev–Trinajstić information content (AvgIpc) is 3.28. The number of piperidine rings is 2. The summed E-state index contributed by atoms with van der Waals surface area (Å²) in [5.74, 6) is -6.09. The van der Waals surface area contributed by atoms with Gasteiger partial charge < -0.3 is 15.5 Å². The quantitative estimate of drug-likeness (QED) is 0.446. The molecule has 1 unspecified atom stereocenters. The van der Waals surface area contributed by atoms with Crippen molar-refractivity contribution in [2.75, 3.05) is 55.4 Å². The van der Waals surface area contributed by atoms with Crippen molar-refractivity contribution in [2.45, 2.75) is 31.7 Å². The lowest BCUT2D eigenvalue weighted by Crippen LogP contribution is -2.54. The summed E-state index contributed by atoms with van der Waals surface area (Å²) in [6.45, 7) is -13.0. The second-order valence-corrected chi connectivity index (χ2v) is 10.3. The highest BCUT2D eigenvalue weighted by molar-refractivity contribution is 6.24. The molecule has 220 valence electrons. The Morgan fingerprint density at radius 2 is 1.74 bits per heavy atom. The van der Waals surface area contributed by atoms with Crippen LogP contribution in [0.5, 0.6) is 0 Å². The normalized spacial score (nSPS) is 29.6. The van der Waals surface area contributed by atoms with Crippen molar-refractivity contribution in [3.8, 4) is 0 Å². The van der Waals surface area contributed by atoms with Crippen LogP contribution in [-0.2, 0) is 9.59 Å². The number of hydrogen-bond donors (Lipinski definition) is 2. The molecule has 5 amide bonds. The van der Waals surface area contributed by atoms with Crippen LogP contribution in [0, 0.1) is 11.7 Å². The monoisotopic (exact) mass is 586 g/mol. The third-order valence-corrected chi connectivity index (χ3v) is 7.61. The van der Waals surface area contributed by atoms with Crippen molar-refractivity contribution in [2.24, 2.45) is 11.7 Å². The zero-order valence-corrected chi connectivity index (χ0v) is 22.1. The van der Waals surface area contributed by atoms with Gasteiger partial charge in [-0.25, -0.2) is 4.39 Å². The molecule has 1 atom stereocenters. The molecule has 0 aliphatic carbocycles. The van der Waals surface area contributed by atoms with E-state index in [-0.39, 0.29) is 23.4 Å². The number of aromatic nitrogens is 2. The van der Waals surface area contributed by atoms with Crippen molar-refractivity contribution < 1.29 is 39.3 Å². The number of nitrogens with one attached hydrogen (secondary N) is 1. The molecule has 2 aromatic rings. The van der Waals surface area contributed by atoms with Gasteiger partial charge in [-0.1, -0.05) is 0 Å². The molecule has 5 heterocycles. The van der Waals surface area contributed by atoms with Crippen LogP contribution in [0.2, 0.25) is 0 Å². The van der Waals surface area contributed by atoms with Gasteiger partial charge in [0.1, 0.15) is 11.9 Å². The Bertz CT molecular complexity index is 1780. The van der Waals surface area contributed by atoms with E-state index in [4.69, 9.17) is 16.7 Å². The Kier molecular flexibility index (Phi) is 5.18. The number of halogens is 1. The van der Waals surface area contributed by atoms with Gasteiger partial charge >= 0.3 is 0 Å². The van der Waals surface area contributed by atoms with Gasteiger partial charge in [-0.05, 0) is 49.4 Å². The number of imide groups is 2. The Labute approximate surface area is 252 Å². The molecule has 0 saturated carbocycles. The molecular weight excluding hydrogens is 547 g/mol. The molecule has 4 aliphatic rings. The third kappa shape index (κ3) is 5.17. The first-order chi connectivity index (χ1) is 23.2. The number of nitrogens with two attached hydrogens (primary N) is 1. The minimum Gasteiger partial charge on any atom is -0.369 e. The van der Waals surface area contributed by atoms with Crippen LogP contribution < -0.4 is 20.9 Å². The van der Waals surface area contributed by atoms with E-state index in [0.717, 1.165) is 6.07 Å². The molecule has 1 aromatic heterocycles. The third-order valence-electron chi connectivity index (χ3n) is 7.61. The van der Waals surface area contributed by atoms with Gasteiger partial charge in [-0.15, -0.1) is 10.2 Å². The molecule has 3 saturated heterocycles. The maximum atomic E-state index is 15.7. The Hall–Kier alpha value is -4.46. The fourth-order valence-corrected chi connectivity index (χ4v) is 5.39. The summed E-state index contributed by atoms with van der Waals surface area (Å²) in [5, 5.41) is 9.78. The molecule has 4 aliphatic heterocycles. The Balaban J connectivity index is 1.27. The topological polar surface area (TPSA) is 162 Å². The van der Waals surface area contributed by atoms with Gasteiger partial charge in [-0.3, -0.25) is 39.1 Å². The number of hydrogen-bond acceptors (Lipinski definition) is 10. The first-order valence-electron chi connectivity index (χ1n) is 17.2. The molecule has 13 nitrogen and oxygen atoms in total. The summed E-state index contributed by atoms with van der Waals surface area (Å²) in [5.41, 5.74) is 2.99. The number of fused-ring (bicyclic) bond motifs is 1. The highest BCUT2D eigenvalue weighted by Crippen LogP contribution is 2.33. The van der Waals surface area contributed by atoms with Crippen LogP contribution in [0.25, 0.3) is 0 Å². The van der Waals surface area contributed by atoms with Crippen LogP contribution in [-0.4, -0.2) is 101 Å². The lowest BCUT2D eigenvalue weighted by molar-refractivity contribution is -0.136. The molecule has 6 rings (SSSR count). The highest BCUT2D eigenvalue weighted by Gasteiger charge is 2.46. The smallest absolute Gasteiger partial charge is 0.269 e. The molecule has 1 aromatic carbocycles. The molecule has 3 fully saturated rings. The number of primary amides is 1. The van der Waals surface area contributed by atoms with Crippen LogP contribution in [0.4, 0.5) is 15.9 Å². The van der Waals surface area contributed by atoms with E-state index in [0.29, 0.717) is 47.6 Å². The zero-order chi connectivity index (χ0) is 36.7. The molecule has 0 spiro atoms. The van der Waals surface area contributed by atoms with Gasteiger partial charge in [0, 0.05) is 63.2 Å². The van der Waals surface area contributed by atoms with Gasteiger partial charge in [0.15, 0.2) is 11.5 Å². The molecule has 0 bridgehead atoms. The van der Waals surface area contributed by atoms with Crippen LogP contribution in [0.1, 0.15) is 67.9 Å². The SMILES string of the molecule is [2H]C1([2H])N(CC2CCN(c3ccc(C(N)=O)nn3)CC2)C([2H])([2H])C([2H])([2H])N(c2cc(F)c3c(c2)C(=O)N(C2CCC(=O)NC2=O)C3=O)C1([2H])[2H]. The van der Waals surface area contributed by atoms with Gasteiger partial charge in [-0.2, -0.15) is 0 Å². The van der Waals surface area contributed by atoms with Gasteiger partial charge in [0.25, 0.3) is 17.7 Å². The van der Waals surface area contributed by atoms with Gasteiger partial charge in [0.05, 0.1) is 16.6 Å². The minimum absolute atomic E-state index is 0.0207. The van der Waals surface area contributed by atoms with E-state index >= 15 is 4.39 Å². The fraction of sp³-hybridized carbons (Fsp3) is 0.464. The number of carbonyl (C=O) groups excluding carboxylic acids is 5. The van der Waals surface area contributed by atoms with E-state index in [9.17, 15) is 24.0 Å². The van der Waals surface area contributed by atoms with E-state index in [2.05, 4.69) is 10.2 Å². The van der Waals surface area contributed by atoms with Crippen molar-refractivity contribution in [1.82, 2.24) is 25.3 Å². The largest absolute Gasteiger partial charge is 0.369 e. The maximum Gasteiger partial charge on any atom is 0.269 e. The second kappa shape index (κ2) is 11.1. The van der Waals surface area contributed by atoms with E-state index < -0.39 is 96.7 Å². The highest BCUT2D eigenvalue weighted by atomic mass is 19.1. The van der Waals surface area contributed by atoms with Crippen molar-refractivity contribution in [1.29, 1.82) is 0 Å². The predicted molar refractivity (Wildman–Crippen MR) is 147 cm³/mol. The summed E-state index contributed by atoms with van der Waals surface area (Å²) >= 11 is 0. The molecule has 42 heavy (non-hydrogen) atoms. The number of nitrogens with zero attached hydrogens (tertiary/aromatic N) is 6. The lowest BCUT2D eigenvalue weighted by Gasteiger charge is -2.39. The summed E-state index contributed by atoms with van der Waals surface area (Å²) in [6.07, 6.45) is 0.280. The molecule has 3 N–H and O–H groups in total. The standard InChI is InChI=1S/C28H31FN8O5/c29-19-14-17(13-18-24(19)28(42)37(27(18)41)21-2-4-23(38)31-26(21)40)35-11-9-34(10-12-35)15-16-5-7-36(8-6-16)22-3-1-20(25(30)39)32-33-22/h1,3,13-14,16,21H,2,4-12,15H2,(H2,30,39)(H,31,38,40)/i9D2,10D2,11D2,12D2. The van der Waals surface area contributed by atoms with Crippen molar-refractivity contribution >= 4 is 41.0 Å². The van der Waals surface area contributed by atoms with E-state index in [1.54, 1.807) is 6.07 Å². The van der Waals surface area contributed by atoms with E-state index in [1.807, 2.05) is 10.2 Å². The van der Waals surface area contributed by atoms with Crippen LogP contribution >= 0.6 is 0 Å². The zero-order valence-electron chi connectivity index (χ0n) is 30.1. The number of carbonyl (C=O) groups is 5. The lowest BCUT2D eigenvalue weighted by atomic mass is 9.96. The average molecular weight is 587 g/mol. The summed E-state index contributed by atoms with van der Waals surface area (Å²) in [4.78, 5) is 64.8. The van der Waals surface area contributed by atoms with Crippen LogP contribution in [0.15, 0.2) is 24.3 Å². The number of amides is 5. The number of piperazine rings is 1. The molecule has 14 heteroatoms. The van der Waals surface area contributed by atoms with Crippen LogP contribution in [0.3, 0.4) is 0 Å². The number of anilines is 2. The second-order valence-electron chi connectivity index (χ2n) is 10.3. The fourth-order valence-electron chi connectivity index (χ4n) is 5.39.